The molecular formula is C24H18N2O5. The van der Waals surface area contributed by atoms with Gasteiger partial charge in [-0.1, -0.05) is 48.5 Å². The molecule has 3 aromatic rings. The molecule has 0 aliphatic carbocycles. The van der Waals surface area contributed by atoms with Crippen molar-refractivity contribution in [1.82, 2.24) is 5.32 Å². The molecular weight excluding hydrogens is 396 g/mol. The van der Waals surface area contributed by atoms with Gasteiger partial charge in [-0.3, -0.25) is 14.9 Å². The van der Waals surface area contributed by atoms with Gasteiger partial charge >= 0.3 is 6.03 Å². The Morgan fingerprint density at radius 1 is 0.871 bits per heavy atom. The molecule has 1 heterocycles. The number of barbiturate groups is 1. The fourth-order valence-corrected chi connectivity index (χ4v) is 3.12. The van der Waals surface area contributed by atoms with Crippen molar-refractivity contribution in [3.63, 3.8) is 0 Å². The second-order valence-corrected chi connectivity index (χ2v) is 6.79. The van der Waals surface area contributed by atoms with E-state index < -0.39 is 17.8 Å². The van der Waals surface area contributed by atoms with Crippen molar-refractivity contribution in [1.29, 1.82) is 0 Å². The molecule has 7 heteroatoms. The molecule has 4 amide bonds. The number of carbonyl (C=O) groups is 3. The van der Waals surface area contributed by atoms with Gasteiger partial charge in [0, 0.05) is 5.56 Å². The highest BCUT2D eigenvalue weighted by molar-refractivity contribution is 6.39. The molecule has 0 saturated carbocycles. The number of nitrogens with zero attached hydrogens (tertiary/aromatic N) is 1. The molecule has 1 aliphatic heterocycles. The van der Waals surface area contributed by atoms with Gasteiger partial charge < -0.3 is 9.84 Å². The smallest absolute Gasteiger partial charge is 0.335 e. The number of anilines is 1. The molecule has 2 N–H and O–H groups in total. The Kier molecular flexibility index (Phi) is 5.49. The van der Waals surface area contributed by atoms with Gasteiger partial charge in [0.05, 0.1) is 5.69 Å². The highest BCUT2D eigenvalue weighted by Crippen LogP contribution is 2.26. The summed E-state index contributed by atoms with van der Waals surface area (Å²) >= 11 is 0. The molecule has 0 spiro atoms. The number of urea groups is 1. The lowest BCUT2D eigenvalue weighted by atomic mass is 10.1. The van der Waals surface area contributed by atoms with Crippen LogP contribution in [0.1, 0.15) is 11.1 Å². The molecule has 0 unspecified atom stereocenters. The summed E-state index contributed by atoms with van der Waals surface area (Å²) in [6, 6.07) is 21.3. The van der Waals surface area contributed by atoms with Crippen LogP contribution in [0.25, 0.3) is 6.08 Å². The summed E-state index contributed by atoms with van der Waals surface area (Å²) in [5, 5.41) is 11.6. The summed E-state index contributed by atoms with van der Waals surface area (Å²) in [6.45, 7) is 0.319. The van der Waals surface area contributed by atoms with Gasteiger partial charge in [-0.25, -0.2) is 9.69 Å². The van der Waals surface area contributed by atoms with Crippen molar-refractivity contribution < 1.29 is 24.2 Å². The lowest BCUT2D eigenvalue weighted by Crippen LogP contribution is -2.54. The minimum absolute atomic E-state index is 0.00930. The van der Waals surface area contributed by atoms with Gasteiger partial charge in [0.1, 0.15) is 23.7 Å². The standard InChI is InChI=1S/C24H18N2O5/c27-19-12-10-18(11-13-19)26-23(29)20(22(28)25-24(26)30)14-17-8-4-5-9-21(17)31-15-16-6-2-1-3-7-16/h1-14,27H,15H2,(H,25,28,30)/b20-14+. The SMILES string of the molecule is O=C1NC(=O)N(c2ccc(O)cc2)C(=O)/C1=C/c1ccccc1OCc1ccccc1. The maximum absolute atomic E-state index is 13.0. The van der Waals surface area contributed by atoms with Gasteiger partial charge in [-0.2, -0.15) is 0 Å². The molecule has 0 bridgehead atoms. The number of imide groups is 2. The number of carbonyl (C=O) groups excluding carboxylic acids is 3. The van der Waals surface area contributed by atoms with Crippen molar-refractivity contribution >= 4 is 29.6 Å². The minimum atomic E-state index is -0.855. The fourth-order valence-electron chi connectivity index (χ4n) is 3.12. The summed E-state index contributed by atoms with van der Waals surface area (Å²) in [5.74, 6) is -1.07. The predicted octanol–water partition coefficient (Wildman–Crippen LogP) is 3.64. The molecule has 7 nitrogen and oxygen atoms in total. The van der Waals surface area contributed by atoms with E-state index in [0.717, 1.165) is 10.5 Å². The first-order valence-electron chi connectivity index (χ1n) is 9.49. The Balaban J connectivity index is 1.64. The van der Waals surface area contributed by atoms with Gasteiger partial charge in [0.15, 0.2) is 0 Å². The maximum Gasteiger partial charge on any atom is 0.335 e. The second-order valence-electron chi connectivity index (χ2n) is 6.79. The van der Waals surface area contributed by atoms with Crippen molar-refractivity contribution in [2.75, 3.05) is 4.90 Å². The average molecular weight is 414 g/mol. The topological polar surface area (TPSA) is 95.9 Å². The highest BCUT2D eigenvalue weighted by atomic mass is 16.5. The summed E-state index contributed by atoms with van der Waals surface area (Å²) in [6.07, 6.45) is 1.40. The number of benzene rings is 3. The number of hydrogen-bond acceptors (Lipinski definition) is 5. The number of phenols is 1. The van der Waals surface area contributed by atoms with Crippen molar-refractivity contribution in [3.05, 3.63) is 95.6 Å². The maximum atomic E-state index is 13.0. The molecule has 31 heavy (non-hydrogen) atoms. The summed E-state index contributed by atoms with van der Waals surface area (Å²) in [7, 11) is 0. The summed E-state index contributed by atoms with van der Waals surface area (Å²) in [4.78, 5) is 38.5. The Labute approximate surface area is 178 Å². The molecule has 1 aliphatic rings. The number of rotatable bonds is 5. The van der Waals surface area contributed by atoms with Gasteiger partial charge in [-0.15, -0.1) is 0 Å². The van der Waals surface area contributed by atoms with Crippen LogP contribution < -0.4 is 15.0 Å². The van der Waals surface area contributed by atoms with E-state index in [2.05, 4.69) is 5.32 Å². The van der Waals surface area contributed by atoms with Gasteiger partial charge in [-0.05, 0) is 42.0 Å². The molecule has 1 saturated heterocycles. The molecule has 154 valence electrons. The van der Waals surface area contributed by atoms with E-state index in [9.17, 15) is 19.5 Å². The van der Waals surface area contributed by atoms with Crippen LogP contribution in [0.2, 0.25) is 0 Å². The van der Waals surface area contributed by atoms with E-state index in [1.54, 1.807) is 24.3 Å². The average Bonchev–Trinajstić information content (AvgIpc) is 2.78. The number of amides is 4. The van der Waals surface area contributed by atoms with E-state index in [0.29, 0.717) is 17.9 Å². The van der Waals surface area contributed by atoms with Gasteiger partial charge in [0.2, 0.25) is 0 Å². The van der Waals surface area contributed by atoms with Crippen LogP contribution >= 0.6 is 0 Å². The number of ether oxygens (including phenoxy) is 1. The van der Waals surface area contributed by atoms with Crippen LogP contribution in [0.4, 0.5) is 10.5 Å². The number of phenolic OH excluding ortho intramolecular Hbond substituents is 1. The third-order valence-corrected chi connectivity index (χ3v) is 4.67. The van der Waals surface area contributed by atoms with E-state index in [1.165, 1.54) is 30.3 Å². The van der Waals surface area contributed by atoms with E-state index in [-0.39, 0.29) is 17.0 Å². The molecule has 0 aromatic heterocycles. The van der Waals surface area contributed by atoms with Crippen molar-refractivity contribution in [2.24, 2.45) is 0 Å². The Morgan fingerprint density at radius 2 is 1.55 bits per heavy atom. The second kappa shape index (κ2) is 8.54. The lowest BCUT2D eigenvalue weighted by molar-refractivity contribution is -0.122. The summed E-state index contributed by atoms with van der Waals surface area (Å²) < 4.78 is 5.89. The quantitative estimate of drug-likeness (QED) is 0.491. The lowest BCUT2D eigenvalue weighted by Gasteiger charge is -2.26. The Bertz CT molecular complexity index is 1170. The first-order chi connectivity index (χ1) is 15.0. The number of para-hydroxylation sites is 1. The van der Waals surface area contributed by atoms with E-state index in [1.807, 2.05) is 30.3 Å². The molecule has 1 fully saturated rings. The zero-order valence-corrected chi connectivity index (χ0v) is 16.3. The summed E-state index contributed by atoms with van der Waals surface area (Å²) in [5.41, 5.74) is 1.52. The Hall–Kier alpha value is -4.39. The predicted molar refractivity (Wildman–Crippen MR) is 114 cm³/mol. The first kappa shape index (κ1) is 19.9. The Morgan fingerprint density at radius 3 is 2.29 bits per heavy atom. The van der Waals surface area contributed by atoms with Crippen molar-refractivity contribution in [2.45, 2.75) is 6.61 Å². The third-order valence-electron chi connectivity index (χ3n) is 4.67. The van der Waals surface area contributed by atoms with Crippen LogP contribution in [-0.4, -0.2) is 23.0 Å². The fraction of sp³-hybridized carbons (Fsp3) is 0.0417. The van der Waals surface area contributed by atoms with Crippen LogP contribution in [0, 0.1) is 0 Å². The van der Waals surface area contributed by atoms with Crippen LogP contribution in [0.15, 0.2) is 84.4 Å². The van der Waals surface area contributed by atoms with Gasteiger partial charge in [0.25, 0.3) is 11.8 Å². The van der Waals surface area contributed by atoms with E-state index >= 15 is 0 Å². The van der Waals surface area contributed by atoms with Crippen molar-refractivity contribution in [3.8, 4) is 11.5 Å². The minimum Gasteiger partial charge on any atom is -0.508 e. The van der Waals surface area contributed by atoms with Crippen LogP contribution in [-0.2, 0) is 16.2 Å². The zero-order valence-electron chi connectivity index (χ0n) is 16.3. The molecule has 3 aromatic carbocycles. The monoisotopic (exact) mass is 414 g/mol. The zero-order chi connectivity index (χ0) is 21.8. The van der Waals surface area contributed by atoms with Crippen LogP contribution in [0.5, 0.6) is 11.5 Å². The number of nitrogens with one attached hydrogen (secondary N) is 1. The highest BCUT2D eigenvalue weighted by Gasteiger charge is 2.36. The largest absolute Gasteiger partial charge is 0.508 e. The molecule has 0 atom stereocenters. The first-order valence-corrected chi connectivity index (χ1v) is 9.49. The van der Waals surface area contributed by atoms with E-state index in [4.69, 9.17) is 4.74 Å². The molecule has 0 radical (unpaired) electrons. The third kappa shape index (κ3) is 4.30. The van der Waals surface area contributed by atoms with Crippen LogP contribution in [0.3, 0.4) is 0 Å². The molecule has 4 rings (SSSR count). The normalized spacial score (nSPS) is 15.2. The number of aromatic hydroxyl groups is 1. The number of hydrogen-bond donors (Lipinski definition) is 2.